The van der Waals surface area contributed by atoms with Gasteiger partial charge in [-0.05, 0) is 40.0 Å². The molecule has 2 atom stereocenters. The Morgan fingerprint density at radius 2 is 1.81 bits per heavy atom. The fraction of sp³-hybridized carbons (Fsp3) is 0.789. The van der Waals surface area contributed by atoms with Crippen LogP contribution < -0.4 is 0 Å². The van der Waals surface area contributed by atoms with E-state index < -0.39 is 18.1 Å². The second-order valence-corrected chi connectivity index (χ2v) is 7.70. The van der Waals surface area contributed by atoms with Crippen molar-refractivity contribution in [1.82, 2.24) is 9.80 Å². The Kier molecular flexibility index (Phi) is 8.40. The fourth-order valence-corrected chi connectivity index (χ4v) is 3.37. The first-order valence-electron chi connectivity index (χ1n) is 9.44. The Balaban J connectivity index is 2.95. The van der Waals surface area contributed by atoms with Gasteiger partial charge < -0.3 is 15.4 Å². The van der Waals surface area contributed by atoms with Crippen molar-refractivity contribution >= 4 is 23.4 Å². The molecule has 0 unspecified atom stereocenters. The molecule has 7 nitrogen and oxygen atoms in total. The van der Waals surface area contributed by atoms with Crippen molar-refractivity contribution in [2.24, 2.45) is 5.92 Å². The number of unbranched alkanes of at least 4 members (excludes halogenated alkanes) is 1. The van der Waals surface area contributed by atoms with Gasteiger partial charge in [0, 0.05) is 30.8 Å². The molecule has 1 aliphatic rings. The maximum absolute atomic E-state index is 13.0. The van der Waals surface area contributed by atoms with Gasteiger partial charge in [0.05, 0.1) is 0 Å². The summed E-state index contributed by atoms with van der Waals surface area (Å²) in [5.41, 5.74) is 0.570. The number of carboxylic acid groups (broad SMARTS) is 1. The quantitative estimate of drug-likeness (QED) is 0.350. The second kappa shape index (κ2) is 9.80. The standard InChI is InChI=1S/C19H33N3O4/c1-12(2)17(23)16-18(24)22(11-10-21(16)13(3)4)15(19(25)26)9-7-6-8-14(5)20/h12-13,15-16,20H,6-11H2,1-5H3,(H,25,26)/t15-,16-/m0/s1. The van der Waals surface area contributed by atoms with Gasteiger partial charge in [0.15, 0.2) is 5.78 Å². The van der Waals surface area contributed by atoms with Crippen molar-refractivity contribution < 1.29 is 19.5 Å². The number of ketones is 1. The molecule has 26 heavy (non-hydrogen) atoms. The van der Waals surface area contributed by atoms with Crippen molar-refractivity contribution in [2.75, 3.05) is 13.1 Å². The predicted octanol–water partition coefficient (Wildman–Crippen LogP) is 2.19. The average molecular weight is 367 g/mol. The van der Waals surface area contributed by atoms with Crippen LogP contribution in [0, 0.1) is 11.3 Å². The summed E-state index contributed by atoms with van der Waals surface area (Å²) < 4.78 is 0. The number of nitrogens with one attached hydrogen (secondary N) is 1. The number of nitrogens with zero attached hydrogens (tertiary/aromatic N) is 2. The van der Waals surface area contributed by atoms with Crippen LogP contribution in [0.2, 0.25) is 0 Å². The van der Waals surface area contributed by atoms with Gasteiger partial charge in [-0.25, -0.2) is 4.79 Å². The van der Waals surface area contributed by atoms with Gasteiger partial charge in [-0.2, -0.15) is 0 Å². The topological polar surface area (TPSA) is 102 Å². The number of carbonyl (C=O) groups excluding carboxylic acids is 2. The SMILES string of the molecule is CC(=N)CCCC[C@@H](C(=O)O)N1CCN(C(C)C)[C@@H](C(=O)C(C)C)C1=O. The summed E-state index contributed by atoms with van der Waals surface area (Å²) in [7, 11) is 0. The average Bonchev–Trinajstić information content (AvgIpc) is 2.53. The minimum atomic E-state index is -1.03. The van der Waals surface area contributed by atoms with E-state index in [1.807, 2.05) is 18.7 Å². The Morgan fingerprint density at radius 1 is 1.19 bits per heavy atom. The zero-order valence-electron chi connectivity index (χ0n) is 16.6. The largest absolute Gasteiger partial charge is 0.480 e. The first-order chi connectivity index (χ1) is 12.1. The maximum Gasteiger partial charge on any atom is 0.326 e. The highest BCUT2D eigenvalue weighted by Crippen LogP contribution is 2.22. The summed E-state index contributed by atoms with van der Waals surface area (Å²) in [5.74, 6) is -1.86. The number of carbonyl (C=O) groups is 3. The fourth-order valence-electron chi connectivity index (χ4n) is 3.37. The van der Waals surface area contributed by atoms with Gasteiger partial charge in [0.25, 0.3) is 0 Å². The Morgan fingerprint density at radius 3 is 2.27 bits per heavy atom. The number of aliphatic carboxylic acids is 1. The molecule has 0 spiro atoms. The van der Waals surface area contributed by atoms with E-state index in [4.69, 9.17) is 5.41 Å². The third-order valence-electron chi connectivity index (χ3n) is 4.89. The van der Waals surface area contributed by atoms with Crippen LogP contribution in [0.15, 0.2) is 0 Å². The van der Waals surface area contributed by atoms with Gasteiger partial charge in [-0.1, -0.05) is 20.3 Å². The Hall–Kier alpha value is -1.76. The highest BCUT2D eigenvalue weighted by atomic mass is 16.4. The summed E-state index contributed by atoms with van der Waals surface area (Å²) >= 11 is 0. The number of hydrogen-bond donors (Lipinski definition) is 2. The van der Waals surface area contributed by atoms with Crippen molar-refractivity contribution in [1.29, 1.82) is 5.41 Å². The Labute approximate surface area is 156 Å². The molecule has 0 radical (unpaired) electrons. The van der Waals surface area contributed by atoms with Crippen molar-refractivity contribution in [3.8, 4) is 0 Å². The zero-order valence-corrected chi connectivity index (χ0v) is 16.6. The molecule has 0 aromatic heterocycles. The lowest BCUT2D eigenvalue weighted by Gasteiger charge is -2.44. The van der Waals surface area contributed by atoms with E-state index in [1.165, 1.54) is 4.90 Å². The molecule has 1 amide bonds. The summed E-state index contributed by atoms with van der Waals surface area (Å²) in [4.78, 5) is 40.7. The molecule has 2 N–H and O–H groups in total. The molecule has 1 heterocycles. The molecule has 0 saturated carbocycles. The van der Waals surface area contributed by atoms with E-state index in [0.717, 1.165) is 6.42 Å². The molecule has 148 valence electrons. The van der Waals surface area contributed by atoms with Crippen molar-refractivity contribution in [2.45, 2.75) is 78.4 Å². The number of carboxylic acids is 1. The van der Waals surface area contributed by atoms with Crippen LogP contribution in [-0.2, 0) is 14.4 Å². The van der Waals surface area contributed by atoms with Crippen molar-refractivity contribution in [3.05, 3.63) is 0 Å². The van der Waals surface area contributed by atoms with Crippen molar-refractivity contribution in [3.63, 3.8) is 0 Å². The number of hydrogen-bond acceptors (Lipinski definition) is 5. The lowest BCUT2D eigenvalue weighted by Crippen LogP contribution is -2.65. The highest BCUT2D eigenvalue weighted by molar-refractivity contribution is 6.07. The van der Waals surface area contributed by atoms with E-state index in [0.29, 0.717) is 38.1 Å². The monoisotopic (exact) mass is 367 g/mol. The van der Waals surface area contributed by atoms with Crippen LogP contribution in [0.3, 0.4) is 0 Å². The molecule has 1 saturated heterocycles. The number of Topliss-reactive ketones (excluding diaryl/α,β-unsaturated/α-hetero) is 1. The number of amides is 1. The van der Waals surface area contributed by atoms with Crippen LogP contribution in [0.5, 0.6) is 0 Å². The van der Waals surface area contributed by atoms with E-state index in [1.54, 1.807) is 20.8 Å². The van der Waals surface area contributed by atoms with Crippen LogP contribution in [-0.4, -0.2) is 69.5 Å². The molecular formula is C19H33N3O4. The summed E-state index contributed by atoms with van der Waals surface area (Å²) in [5, 5.41) is 17.1. The van der Waals surface area contributed by atoms with E-state index in [-0.39, 0.29) is 23.7 Å². The molecule has 7 heteroatoms. The molecule has 1 fully saturated rings. The number of rotatable bonds is 10. The van der Waals surface area contributed by atoms with Crippen LogP contribution in [0.25, 0.3) is 0 Å². The van der Waals surface area contributed by atoms with Gasteiger partial charge >= 0.3 is 5.97 Å². The molecule has 0 bridgehead atoms. The van der Waals surface area contributed by atoms with Gasteiger partial charge in [0.1, 0.15) is 12.1 Å². The van der Waals surface area contributed by atoms with Crippen LogP contribution in [0.1, 0.15) is 60.3 Å². The minimum Gasteiger partial charge on any atom is -0.480 e. The predicted molar refractivity (Wildman–Crippen MR) is 100 cm³/mol. The molecular weight excluding hydrogens is 334 g/mol. The third kappa shape index (κ3) is 5.62. The molecule has 0 aromatic carbocycles. The first kappa shape index (κ1) is 22.3. The van der Waals surface area contributed by atoms with Gasteiger partial charge in [0.2, 0.25) is 5.91 Å². The summed E-state index contributed by atoms with van der Waals surface area (Å²) in [6.45, 7) is 9.96. The normalized spacial score (nSPS) is 19.9. The van der Waals surface area contributed by atoms with Gasteiger partial charge in [-0.15, -0.1) is 0 Å². The van der Waals surface area contributed by atoms with E-state index in [9.17, 15) is 19.5 Å². The molecule has 1 aliphatic heterocycles. The molecule has 1 rings (SSSR count). The van der Waals surface area contributed by atoms with E-state index in [2.05, 4.69) is 0 Å². The lowest BCUT2D eigenvalue weighted by molar-refractivity contribution is -0.160. The summed E-state index contributed by atoms with van der Waals surface area (Å²) in [6.07, 6.45) is 2.34. The lowest BCUT2D eigenvalue weighted by atomic mass is 9.94. The Bertz CT molecular complexity index is 545. The van der Waals surface area contributed by atoms with Crippen LogP contribution >= 0.6 is 0 Å². The maximum atomic E-state index is 13.0. The third-order valence-corrected chi connectivity index (χ3v) is 4.89. The van der Waals surface area contributed by atoms with E-state index >= 15 is 0 Å². The number of piperazine rings is 1. The highest BCUT2D eigenvalue weighted by Gasteiger charge is 2.44. The second-order valence-electron chi connectivity index (χ2n) is 7.70. The first-order valence-corrected chi connectivity index (χ1v) is 9.44. The smallest absolute Gasteiger partial charge is 0.326 e. The summed E-state index contributed by atoms with van der Waals surface area (Å²) in [6, 6.07) is -1.77. The minimum absolute atomic E-state index is 0.0349. The van der Waals surface area contributed by atoms with Gasteiger partial charge in [-0.3, -0.25) is 14.5 Å². The van der Waals surface area contributed by atoms with Crippen LogP contribution in [0.4, 0.5) is 0 Å². The molecule has 0 aromatic rings. The molecule has 0 aliphatic carbocycles. The zero-order chi connectivity index (χ0) is 20.0.